The molecule has 0 aromatic heterocycles. The lowest BCUT2D eigenvalue weighted by Gasteiger charge is -2.25. The van der Waals surface area contributed by atoms with Crippen molar-refractivity contribution in [3.8, 4) is 5.75 Å². The summed E-state index contributed by atoms with van der Waals surface area (Å²) in [5, 5.41) is 4.92. The van der Waals surface area contributed by atoms with Crippen LogP contribution in [0.5, 0.6) is 5.75 Å². The number of ether oxygens (including phenoxy) is 4. The van der Waals surface area contributed by atoms with Gasteiger partial charge in [0.25, 0.3) is 0 Å². The summed E-state index contributed by atoms with van der Waals surface area (Å²) in [7, 11) is 1.56. The minimum atomic E-state index is -1.28. The molecular formula is C26H38N2O8. The topological polar surface area (TPSA) is 129 Å². The van der Waals surface area contributed by atoms with Gasteiger partial charge in [-0.25, -0.2) is 9.59 Å². The SMILES string of the molecule is COc1ccc(COC(=O)C(C)NC(=O)C(CC(=O)OC2CCCCC2)NC(=O)OC(C)(C)C)cc1. The molecule has 10 heteroatoms. The zero-order chi connectivity index (χ0) is 26.7. The number of carbonyl (C=O) groups is 4. The molecule has 0 saturated heterocycles. The molecule has 1 aliphatic rings. The van der Waals surface area contributed by atoms with Crippen LogP contribution in [0.25, 0.3) is 0 Å². The van der Waals surface area contributed by atoms with E-state index in [0.717, 1.165) is 37.7 Å². The summed E-state index contributed by atoms with van der Waals surface area (Å²) >= 11 is 0. The van der Waals surface area contributed by atoms with E-state index in [0.29, 0.717) is 5.75 Å². The molecule has 0 bridgehead atoms. The van der Waals surface area contributed by atoms with E-state index in [1.54, 1.807) is 52.1 Å². The zero-order valence-corrected chi connectivity index (χ0v) is 21.8. The van der Waals surface area contributed by atoms with Gasteiger partial charge < -0.3 is 29.6 Å². The number of rotatable bonds is 10. The summed E-state index contributed by atoms with van der Waals surface area (Å²) in [6.07, 6.45) is 3.17. The first-order valence-electron chi connectivity index (χ1n) is 12.3. The summed E-state index contributed by atoms with van der Waals surface area (Å²) in [6, 6.07) is 4.70. The molecule has 0 aliphatic heterocycles. The van der Waals surface area contributed by atoms with E-state index in [9.17, 15) is 19.2 Å². The molecule has 1 fully saturated rings. The molecule has 200 valence electrons. The second-order valence-corrected chi connectivity index (χ2v) is 9.84. The summed E-state index contributed by atoms with van der Waals surface area (Å²) in [5.74, 6) is -1.32. The van der Waals surface area contributed by atoms with Crippen molar-refractivity contribution in [2.24, 2.45) is 0 Å². The Bertz CT molecular complexity index is 888. The van der Waals surface area contributed by atoms with Gasteiger partial charge in [-0.3, -0.25) is 9.59 Å². The molecule has 1 aromatic carbocycles. The van der Waals surface area contributed by atoms with Crippen LogP contribution in [0.4, 0.5) is 4.79 Å². The second kappa shape index (κ2) is 13.7. The molecule has 1 aliphatic carbocycles. The Labute approximate surface area is 212 Å². The van der Waals surface area contributed by atoms with Crippen molar-refractivity contribution >= 4 is 23.9 Å². The molecule has 2 unspecified atom stereocenters. The molecule has 0 spiro atoms. The van der Waals surface area contributed by atoms with Crippen molar-refractivity contribution in [3.63, 3.8) is 0 Å². The number of benzene rings is 1. The van der Waals surface area contributed by atoms with Gasteiger partial charge >= 0.3 is 18.0 Å². The van der Waals surface area contributed by atoms with Gasteiger partial charge in [0, 0.05) is 0 Å². The molecule has 2 amide bonds. The van der Waals surface area contributed by atoms with Gasteiger partial charge in [0.15, 0.2) is 0 Å². The van der Waals surface area contributed by atoms with Crippen LogP contribution in [0.2, 0.25) is 0 Å². The van der Waals surface area contributed by atoms with E-state index in [1.807, 2.05) is 0 Å². The third-order valence-electron chi connectivity index (χ3n) is 5.48. The third kappa shape index (κ3) is 10.5. The number of carbonyl (C=O) groups excluding carboxylic acids is 4. The lowest BCUT2D eigenvalue weighted by atomic mass is 9.98. The van der Waals surface area contributed by atoms with Crippen molar-refractivity contribution in [2.75, 3.05) is 7.11 Å². The van der Waals surface area contributed by atoms with Crippen LogP contribution in [-0.4, -0.2) is 54.8 Å². The highest BCUT2D eigenvalue weighted by Crippen LogP contribution is 2.21. The van der Waals surface area contributed by atoms with Crippen LogP contribution < -0.4 is 15.4 Å². The average Bonchev–Trinajstić information content (AvgIpc) is 2.81. The van der Waals surface area contributed by atoms with E-state index in [-0.39, 0.29) is 12.7 Å². The predicted octanol–water partition coefficient (Wildman–Crippen LogP) is 3.40. The van der Waals surface area contributed by atoms with Crippen LogP contribution in [-0.2, 0) is 35.2 Å². The smallest absolute Gasteiger partial charge is 0.408 e. The molecule has 2 N–H and O–H groups in total. The summed E-state index contributed by atoms with van der Waals surface area (Å²) < 4.78 is 21.1. The summed E-state index contributed by atoms with van der Waals surface area (Å²) in [6.45, 7) is 6.51. The normalized spacial score (nSPS) is 15.7. The lowest BCUT2D eigenvalue weighted by Crippen LogP contribution is -2.52. The van der Waals surface area contributed by atoms with E-state index < -0.39 is 48.0 Å². The maximum Gasteiger partial charge on any atom is 0.408 e. The van der Waals surface area contributed by atoms with Gasteiger partial charge in [0.05, 0.1) is 13.5 Å². The van der Waals surface area contributed by atoms with Crippen LogP contribution in [0, 0.1) is 0 Å². The van der Waals surface area contributed by atoms with E-state index >= 15 is 0 Å². The van der Waals surface area contributed by atoms with Gasteiger partial charge in [-0.1, -0.05) is 18.6 Å². The Kier molecular flexibility index (Phi) is 11.0. The summed E-state index contributed by atoms with van der Waals surface area (Å²) in [5.41, 5.74) is -0.0516. The van der Waals surface area contributed by atoms with Crippen molar-refractivity contribution < 1.29 is 38.1 Å². The van der Waals surface area contributed by atoms with Gasteiger partial charge in [-0.2, -0.15) is 0 Å². The zero-order valence-electron chi connectivity index (χ0n) is 21.8. The molecule has 36 heavy (non-hydrogen) atoms. The Morgan fingerprint density at radius 1 is 1.00 bits per heavy atom. The van der Waals surface area contributed by atoms with Gasteiger partial charge in [-0.15, -0.1) is 0 Å². The first kappa shape index (κ1) is 28.9. The minimum absolute atomic E-state index is 0.0103. The number of methoxy groups -OCH3 is 1. The maximum atomic E-state index is 12.9. The Morgan fingerprint density at radius 3 is 2.22 bits per heavy atom. The maximum absolute atomic E-state index is 12.9. The van der Waals surface area contributed by atoms with Crippen molar-refractivity contribution in [1.82, 2.24) is 10.6 Å². The Hall–Kier alpha value is -3.30. The fraction of sp³-hybridized carbons (Fsp3) is 0.615. The first-order chi connectivity index (χ1) is 17.0. The van der Waals surface area contributed by atoms with E-state index in [1.165, 1.54) is 6.92 Å². The monoisotopic (exact) mass is 506 g/mol. The van der Waals surface area contributed by atoms with Gasteiger partial charge in [0.1, 0.15) is 36.1 Å². The molecule has 1 aromatic rings. The molecule has 0 heterocycles. The minimum Gasteiger partial charge on any atom is -0.497 e. The van der Waals surface area contributed by atoms with Gasteiger partial charge in [0.2, 0.25) is 5.91 Å². The Morgan fingerprint density at radius 2 is 1.64 bits per heavy atom. The molecule has 2 atom stereocenters. The van der Waals surface area contributed by atoms with Gasteiger partial charge in [-0.05, 0) is 71.1 Å². The molecule has 10 nitrogen and oxygen atoms in total. The number of hydrogen-bond acceptors (Lipinski definition) is 8. The van der Waals surface area contributed by atoms with E-state index in [4.69, 9.17) is 18.9 Å². The van der Waals surface area contributed by atoms with Crippen LogP contribution in [0.3, 0.4) is 0 Å². The largest absolute Gasteiger partial charge is 0.497 e. The number of hydrogen-bond donors (Lipinski definition) is 2. The number of amides is 2. The fourth-order valence-electron chi connectivity index (χ4n) is 3.62. The number of alkyl carbamates (subject to hydrolysis) is 1. The molecular weight excluding hydrogens is 468 g/mol. The fourth-order valence-corrected chi connectivity index (χ4v) is 3.62. The molecule has 0 radical (unpaired) electrons. The highest BCUT2D eigenvalue weighted by atomic mass is 16.6. The molecule has 1 saturated carbocycles. The third-order valence-corrected chi connectivity index (χ3v) is 5.48. The highest BCUT2D eigenvalue weighted by Gasteiger charge is 2.30. The number of esters is 2. The second-order valence-electron chi connectivity index (χ2n) is 9.84. The highest BCUT2D eigenvalue weighted by molar-refractivity contribution is 5.92. The first-order valence-corrected chi connectivity index (χ1v) is 12.3. The van der Waals surface area contributed by atoms with Crippen LogP contribution >= 0.6 is 0 Å². The quantitative estimate of drug-likeness (QED) is 0.365. The Balaban J connectivity index is 1.95. The number of nitrogens with one attached hydrogen (secondary N) is 2. The molecule has 2 rings (SSSR count). The predicted molar refractivity (Wildman–Crippen MR) is 131 cm³/mol. The van der Waals surface area contributed by atoms with Crippen molar-refractivity contribution in [2.45, 2.75) is 96.6 Å². The van der Waals surface area contributed by atoms with E-state index in [2.05, 4.69) is 10.6 Å². The van der Waals surface area contributed by atoms with Crippen LogP contribution in [0.15, 0.2) is 24.3 Å². The van der Waals surface area contributed by atoms with Crippen molar-refractivity contribution in [1.29, 1.82) is 0 Å². The van der Waals surface area contributed by atoms with Crippen LogP contribution in [0.1, 0.15) is 71.8 Å². The lowest BCUT2D eigenvalue weighted by molar-refractivity contribution is -0.152. The van der Waals surface area contributed by atoms with Crippen molar-refractivity contribution in [3.05, 3.63) is 29.8 Å². The average molecular weight is 507 g/mol. The standard InChI is InChI=1S/C26H38N2O8/c1-17(24(31)34-16-18-11-13-19(33-5)14-12-18)27-23(30)21(28-25(32)36-26(2,3)4)15-22(29)35-20-9-7-6-8-10-20/h11-14,17,20-21H,6-10,15-16H2,1-5H3,(H,27,30)(H,28,32). The summed E-state index contributed by atoms with van der Waals surface area (Å²) in [4.78, 5) is 50.2.